The van der Waals surface area contributed by atoms with E-state index in [0.717, 1.165) is 0 Å². The topological polar surface area (TPSA) is 198 Å². The summed E-state index contributed by atoms with van der Waals surface area (Å²) in [6.45, 7) is 7.48. The van der Waals surface area contributed by atoms with E-state index in [1.807, 2.05) is 13.8 Å². The number of Topliss-reactive ketones (excluding diaryl/α,β-unsaturated/α-hetero) is 1. The van der Waals surface area contributed by atoms with Crippen LogP contribution in [0, 0.1) is 60.8 Å². The van der Waals surface area contributed by atoms with Gasteiger partial charge in [-0.05, 0) is 54.5 Å². The van der Waals surface area contributed by atoms with Gasteiger partial charge in [-0.1, -0.05) is 62.4 Å². The van der Waals surface area contributed by atoms with Gasteiger partial charge < -0.3 is 44.7 Å². The number of ketones is 1. The number of amides is 1. The summed E-state index contributed by atoms with van der Waals surface area (Å²) >= 11 is 0. The van der Waals surface area contributed by atoms with Crippen LogP contribution in [0.1, 0.15) is 75.8 Å². The van der Waals surface area contributed by atoms with E-state index in [9.17, 15) is 34.8 Å². The van der Waals surface area contributed by atoms with Gasteiger partial charge in [0.1, 0.15) is 23.9 Å². The third-order valence-electron chi connectivity index (χ3n) is 11.4. The van der Waals surface area contributed by atoms with Crippen molar-refractivity contribution in [3.63, 3.8) is 0 Å². The van der Waals surface area contributed by atoms with Crippen LogP contribution in [-0.2, 0) is 33.3 Å². The molecule has 1 amide bonds. The molecule has 3 aliphatic rings. The van der Waals surface area contributed by atoms with Gasteiger partial charge >= 0.3 is 11.9 Å². The Morgan fingerprint density at radius 3 is 2.17 bits per heavy atom. The van der Waals surface area contributed by atoms with Gasteiger partial charge in [0, 0.05) is 83.5 Å². The molecule has 1 saturated heterocycles. The molecule has 1 radical (unpaired) electrons. The predicted octanol–water partition coefficient (Wildman–Crippen LogP) is 2.59. The first-order valence-corrected chi connectivity index (χ1v) is 17.9. The van der Waals surface area contributed by atoms with Gasteiger partial charge in [-0.3, -0.25) is 9.59 Å². The number of esters is 2. The molecule has 10 atom stereocenters. The third-order valence-corrected chi connectivity index (χ3v) is 11.4. The van der Waals surface area contributed by atoms with E-state index < -0.39 is 95.3 Å². The number of fused-ring (bicyclic) bond motifs is 3. The number of ether oxygens (including phenoxy) is 4. The van der Waals surface area contributed by atoms with Crippen LogP contribution in [0.2, 0.25) is 0 Å². The van der Waals surface area contributed by atoms with Gasteiger partial charge in [0.25, 0.3) is 0 Å². The van der Waals surface area contributed by atoms with Gasteiger partial charge in [0.05, 0.1) is 35.8 Å². The van der Waals surface area contributed by atoms with Crippen LogP contribution >= 0.6 is 0 Å². The van der Waals surface area contributed by atoms with Gasteiger partial charge in [-0.15, -0.1) is 0 Å². The van der Waals surface area contributed by atoms with Gasteiger partial charge in [0.2, 0.25) is 5.91 Å². The number of hydrogen-bond donors (Lipinski definition) is 5. The second-order valence-electron chi connectivity index (χ2n) is 15.2. The van der Waals surface area contributed by atoms with Crippen LogP contribution in [0.15, 0.2) is 71.8 Å². The summed E-state index contributed by atoms with van der Waals surface area (Å²) in [4.78, 5) is 54.4. The first-order valence-electron chi connectivity index (χ1n) is 17.9. The Balaban J connectivity index is 0.00000650. The molecule has 291 valence electrons. The summed E-state index contributed by atoms with van der Waals surface area (Å²) in [5.41, 5.74) is -2.97. The molecule has 2 saturated carbocycles. The maximum Gasteiger partial charge on any atom is 0.338 e. The number of methoxy groups -OCH3 is 1. The Morgan fingerprint density at radius 2 is 1.63 bits per heavy atom. The minimum absolute atomic E-state index is 0. The molecule has 2 aromatic rings. The average Bonchev–Trinajstić information content (AvgIpc) is 3.12. The van der Waals surface area contributed by atoms with Crippen LogP contribution < -0.4 is 5.32 Å². The number of carbonyl (C=O) groups excluding carboxylic acids is 4. The average molecular weight is 965 g/mol. The summed E-state index contributed by atoms with van der Waals surface area (Å²) in [6.07, 6.45) is -7.74. The van der Waals surface area contributed by atoms with E-state index in [-0.39, 0.29) is 75.5 Å². The molecule has 0 aromatic heterocycles. The Kier molecular flexibility index (Phi) is 14.5. The SMILES string of the molecule is COC1C(=O)[C@]2(C)C(O)CC3OCC3(O)C2C(OC(=O)c2ccccc2)CC(C)(C)/C1=C(/C)C(CCO)OC(=O)C(O)C(NC(C)=O)c1ccccc1.[Ac]. The molecule has 5 rings (SSSR count). The molecule has 0 spiro atoms. The molecule has 13 nitrogen and oxygen atoms in total. The quantitative estimate of drug-likeness (QED) is 0.163. The van der Waals surface area contributed by atoms with E-state index in [1.54, 1.807) is 74.5 Å². The van der Waals surface area contributed by atoms with E-state index in [4.69, 9.17) is 18.9 Å². The second kappa shape index (κ2) is 17.7. The van der Waals surface area contributed by atoms with Crippen molar-refractivity contribution in [3.8, 4) is 0 Å². The zero-order valence-electron chi connectivity index (χ0n) is 31.6. The molecule has 9 unspecified atom stereocenters. The minimum atomic E-state index is -1.84. The normalized spacial score (nSPS) is 31.3. The van der Waals surface area contributed by atoms with Crippen LogP contribution in [0.25, 0.3) is 0 Å². The first-order chi connectivity index (χ1) is 25.0. The van der Waals surface area contributed by atoms with E-state index >= 15 is 4.79 Å². The Bertz CT molecular complexity index is 1700. The molecule has 5 N–H and O–H groups in total. The number of aliphatic hydroxyl groups excluding tert-OH is 3. The van der Waals surface area contributed by atoms with Crippen molar-refractivity contribution in [3.05, 3.63) is 82.9 Å². The molecule has 1 aliphatic heterocycles. The van der Waals surface area contributed by atoms with Crippen LogP contribution in [0.5, 0.6) is 0 Å². The first kappa shape index (κ1) is 44.2. The summed E-state index contributed by atoms with van der Waals surface area (Å²) in [5, 5.41) is 47.8. The number of nitrogens with one attached hydrogen (secondary N) is 1. The molecule has 2 aromatic carbocycles. The maximum atomic E-state index is 15.0. The summed E-state index contributed by atoms with van der Waals surface area (Å²) < 4.78 is 23.7. The Hall–Kier alpha value is -2.54. The van der Waals surface area contributed by atoms with Crippen molar-refractivity contribution in [2.75, 3.05) is 20.3 Å². The number of hydrogen-bond acceptors (Lipinski definition) is 12. The summed E-state index contributed by atoms with van der Waals surface area (Å²) in [7, 11) is 1.34. The molecular formula is C40H51AcNO12. The summed E-state index contributed by atoms with van der Waals surface area (Å²) in [5.74, 6) is -3.93. The van der Waals surface area contributed by atoms with E-state index in [1.165, 1.54) is 14.0 Å². The maximum absolute atomic E-state index is 15.0. The minimum Gasteiger partial charge on any atom is -0.458 e. The van der Waals surface area contributed by atoms with Crippen molar-refractivity contribution in [2.45, 2.75) is 102 Å². The molecule has 2 aliphatic carbocycles. The zero-order valence-corrected chi connectivity index (χ0v) is 36.3. The van der Waals surface area contributed by atoms with Crippen molar-refractivity contribution in [2.24, 2.45) is 16.7 Å². The largest absolute Gasteiger partial charge is 0.458 e. The van der Waals surface area contributed by atoms with Crippen LogP contribution in [0.3, 0.4) is 0 Å². The predicted molar refractivity (Wildman–Crippen MR) is 190 cm³/mol. The van der Waals surface area contributed by atoms with Gasteiger partial charge in [-0.2, -0.15) is 0 Å². The fourth-order valence-electron chi connectivity index (χ4n) is 8.71. The van der Waals surface area contributed by atoms with Crippen molar-refractivity contribution in [1.82, 2.24) is 5.32 Å². The zero-order chi connectivity index (χ0) is 38.9. The number of rotatable bonds is 11. The number of carbonyl (C=O) groups is 4. The standard InChI is InChI=1S/C40H51NO12.Ac/c1-22(26(17-18-42)52-37(48)32(45)31(41-23(2)43)24-13-9-7-10-14-24)30-33(50-6)35(46)39(5)28(44)19-29-40(49,21-51-29)34(39)27(20-38(30,3)4)53-36(47)25-15-11-8-12-16-25;/h7-16,26-29,31-34,42,44-45,49H,17-21H2,1-6H3,(H,41,43);/b30-22-;/t26?,27?,28?,29?,31?,32?,33?,34?,39-,40?;/m1./s1. The Labute approximate surface area is 351 Å². The van der Waals surface area contributed by atoms with Crippen LogP contribution in [0.4, 0.5) is 0 Å². The van der Waals surface area contributed by atoms with Crippen molar-refractivity contribution in [1.29, 1.82) is 0 Å². The van der Waals surface area contributed by atoms with Crippen molar-refractivity contribution >= 4 is 23.6 Å². The van der Waals surface area contributed by atoms with Gasteiger partial charge in [-0.25, -0.2) is 9.59 Å². The van der Waals surface area contributed by atoms with E-state index in [2.05, 4.69) is 5.32 Å². The molecule has 14 heteroatoms. The Morgan fingerprint density at radius 1 is 1.02 bits per heavy atom. The van der Waals surface area contributed by atoms with E-state index in [0.29, 0.717) is 16.7 Å². The number of aliphatic hydroxyl groups is 4. The summed E-state index contributed by atoms with van der Waals surface area (Å²) in [6, 6.07) is 15.6. The molecule has 3 fully saturated rings. The number of benzene rings is 2. The molecular weight excluding hydrogens is 913 g/mol. The molecule has 54 heavy (non-hydrogen) atoms. The van der Waals surface area contributed by atoms with Crippen LogP contribution in [-0.4, -0.2) is 107 Å². The monoisotopic (exact) mass is 964 g/mol. The smallest absolute Gasteiger partial charge is 0.338 e. The second-order valence-corrected chi connectivity index (χ2v) is 15.2. The molecule has 1 heterocycles. The fraction of sp³-hybridized carbons (Fsp3) is 0.550. The fourth-order valence-corrected chi connectivity index (χ4v) is 8.71. The molecule has 0 bridgehead atoms. The third kappa shape index (κ3) is 8.42. The van der Waals surface area contributed by atoms with Gasteiger partial charge in [0.15, 0.2) is 11.9 Å². The van der Waals surface area contributed by atoms with Crippen molar-refractivity contribution < 1.29 is 103 Å².